The summed E-state index contributed by atoms with van der Waals surface area (Å²) in [6.45, 7) is 0. The number of aromatic hydroxyl groups is 1. The van der Waals surface area contributed by atoms with E-state index in [0.29, 0.717) is 15.6 Å². The highest BCUT2D eigenvalue weighted by molar-refractivity contribution is 9.10. The Kier molecular flexibility index (Phi) is 7.99. The first-order valence-corrected chi connectivity index (χ1v) is 10.8. The van der Waals surface area contributed by atoms with Crippen molar-refractivity contribution in [3.63, 3.8) is 0 Å². The molecule has 2 amide bonds. The zero-order chi connectivity index (χ0) is 23.8. The van der Waals surface area contributed by atoms with Crippen LogP contribution in [0.15, 0.2) is 88.1 Å². The van der Waals surface area contributed by atoms with Crippen LogP contribution < -0.4 is 15.6 Å². The van der Waals surface area contributed by atoms with Gasteiger partial charge in [0.25, 0.3) is 11.8 Å². The highest BCUT2D eigenvalue weighted by atomic mass is 79.9. The summed E-state index contributed by atoms with van der Waals surface area (Å²) in [6.07, 6.45) is 2.97. The number of benzene rings is 3. The lowest BCUT2D eigenvalue weighted by atomic mass is 10.1. The molecule has 0 bridgehead atoms. The van der Waals surface area contributed by atoms with Crippen LogP contribution in [0.1, 0.15) is 21.5 Å². The van der Waals surface area contributed by atoms with Crippen LogP contribution in [0.3, 0.4) is 0 Å². The van der Waals surface area contributed by atoms with Crippen molar-refractivity contribution in [2.75, 3.05) is 19.0 Å². The van der Waals surface area contributed by atoms with Crippen LogP contribution >= 0.6 is 15.9 Å². The van der Waals surface area contributed by atoms with E-state index in [9.17, 15) is 14.7 Å². The van der Waals surface area contributed by atoms with E-state index in [2.05, 4.69) is 31.8 Å². The molecule has 3 aromatic carbocycles. The first-order chi connectivity index (χ1) is 15.8. The second-order valence-electron chi connectivity index (χ2n) is 7.27. The summed E-state index contributed by atoms with van der Waals surface area (Å²) < 4.78 is 0.701. The predicted octanol–water partition coefficient (Wildman–Crippen LogP) is 4.14. The molecule has 168 valence electrons. The molecular weight excluding hydrogens is 484 g/mol. The van der Waals surface area contributed by atoms with Gasteiger partial charge in [0.1, 0.15) is 11.4 Å². The predicted molar refractivity (Wildman–Crippen MR) is 134 cm³/mol. The lowest BCUT2D eigenvalue weighted by molar-refractivity contribution is -0.117. The fourth-order valence-corrected chi connectivity index (χ4v) is 3.18. The van der Waals surface area contributed by atoms with Crippen LogP contribution in [0.25, 0.3) is 6.08 Å². The molecule has 0 aliphatic carbocycles. The summed E-state index contributed by atoms with van der Waals surface area (Å²) in [5, 5.41) is 16.3. The van der Waals surface area contributed by atoms with Crippen LogP contribution in [0.4, 0.5) is 5.69 Å². The number of phenolic OH excluding ortho intramolecular Hbond substituents is 1. The van der Waals surface area contributed by atoms with Crippen molar-refractivity contribution in [3.05, 3.63) is 99.7 Å². The van der Waals surface area contributed by atoms with Crippen LogP contribution in [-0.4, -0.2) is 37.2 Å². The Labute approximate surface area is 200 Å². The van der Waals surface area contributed by atoms with Gasteiger partial charge in [0.15, 0.2) is 0 Å². The summed E-state index contributed by atoms with van der Waals surface area (Å²) in [6, 6.07) is 20.8. The normalized spacial score (nSPS) is 11.3. The molecule has 8 heteroatoms. The minimum atomic E-state index is -0.594. The van der Waals surface area contributed by atoms with Gasteiger partial charge in [-0.15, -0.1) is 0 Å². The number of phenols is 1. The molecule has 33 heavy (non-hydrogen) atoms. The molecular formula is C25H23BrN4O3. The van der Waals surface area contributed by atoms with Crippen molar-refractivity contribution < 1.29 is 14.7 Å². The number of hydrazone groups is 1. The number of halogens is 1. The van der Waals surface area contributed by atoms with Gasteiger partial charge in [-0.2, -0.15) is 5.10 Å². The minimum absolute atomic E-state index is 0.0357. The number of rotatable bonds is 7. The quantitative estimate of drug-likeness (QED) is 0.255. The van der Waals surface area contributed by atoms with E-state index in [0.717, 1.165) is 11.3 Å². The maximum atomic E-state index is 12.9. The molecule has 0 fully saturated rings. The van der Waals surface area contributed by atoms with Gasteiger partial charge < -0.3 is 15.3 Å². The number of nitrogens with zero attached hydrogens (tertiary/aromatic N) is 2. The molecule has 0 saturated heterocycles. The van der Waals surface area contributed by atoms with E-state index in [1.165, 1.54) is 18.3 Å². The van der Waals surface area contributed by atoms with Crippen LogP contribution in [0, 0.1) is 0 Å². The highest BCUT2D eigenvalue weighted by Crippen LogP contribution is 2.20. The van der Waals surface area contributed by atoms with Crippen molar-refractivity contribution in [1.29, 1.82) is 0 Å². The molecule has 0 unspecified atom stereocenters. The molecule has 3 N–H and O–H groups in total. The third-order valence-electron chi connectivity index (χ3n) is 4.60. The number of amides is 2. The van der Waals surface area contributed by atoms with E-state index in [1.54, 1.807) is 42.5 Å². The average Bonchev–Trinajstić information content (AvgIpc) is 2.81. The van der Waals surface area contributed by atoms with E-state index in [4.69, 9.17) is 0 Å². The second kappa shape index (κ2) is 11.1. The number of carbonyl (C=O) groups excluding carboxylic acids is 2. The van der Waals surface area contributed by atoms with Gasteiger partial charge in [0.05, 0.1) is 6.21 Å². The van der Waals surface area contributed by atoms with Crippen molar-refractivity contribution in [1.82, 2.24) is 10.7 Å². The fourth-order valence-electron chi connectivity index (χ4n) is 2.83. The van der Waals surface area contributed by atoms with Crippen LogP contribution in [0.2, 0.25) is 0 Å². The van der Waals surface area contributed by atoms with Crippen LogP contribution in [-0.2, 0) is 4.79 Å². The smallest absolute Gasteiger partial charge is 0.287 e. The molecule has 3 aromatic rings. The lowest BCUT2D eigenvalue weighted by Crippen LogP contribution is -2.32. The monoisotopic (exact) mass is 506 g/mol. The van der Waals surface area contributed by atoms with Gasteiger partial charge in [0.2, 0.25) is 0 Å². The van der Waals surface area contributed by atoms with Gasteiger partial charge in [0, 0.05) is 35.4 Å². The van der Waals surface area contributed by atoms with Crippen molar-refractivity contribution >= 4 is 45.7 Å². The Morgan fingerprint density at radius 2 is 1.70 bits per heavy atom. The SMILES string of the molecule is CN(C)c1ccc(C=C(NC(=O)c2ccccc2)C(=O)NN=Cc2cc(O)ccc2Br)cc1. The largest absolute Gasteiger partial charge is 0.508 e. The van der Waals surface area contributed by atoms with Gasteiger partial charge in [-0.1, -0.05) is 46.3 Å². The number of nitrogens with one attached hydrogen (secondary N) is 2. The summed E-state index contributed by atoms with van der Waals surface area (Å²) in [5.41, 5.74) is 5.20. The molecule has 3 rings (SSSR count). The number of hydrogen-bond acceptors (Lipinski definition) is 5. The van der Waals surface area contributed by atoms with E-state index < -0.39 is 11.8 Å². The molecule has 0 atom stereocenters. The van der Waals surface area contributed by atoms with E-state index in [1.807, 2.05) is 43.3 Å². The lowest BCUT2D eigenvalue weighted by Gasteiger charge is -2.12. The molecule has 0 heterocycles. The van der Waals surface area contributed by atoms with Crippen LogP contribution in [0.5, 0.6) is 5.75 Å². The minimum Gasteiger partial charge on any atom is -0.508 e. The van der Waals surface area contributed by atoms with Gasteiger partial charge in [-0.3, -0.25) is 9.59 Å². The average molecular weight is 507 g/mol. The molecule has 0 aromatic heterocycles. The third kappa shape index (κ3) is 6.78. The first-order valence-electron chi connectivity index (χ1n) is 10.0. The Balaban J connectivity index is 1.83. The van der Waals surface area contributed by atoms with Crippen molar-refractivity contribution in [3.8, 4) is 5.75 Å². The van der Waals surface area contributed by atoms with Gasteiger partial charge in [-0.25, -0.2) is 5.43 Å². The number of carbonyl (C=O) groups is 2. The summed E-state index contributed by atoms with van der Waals surface area (Å²) in [7, 11) is 3.87. The second-order valence-corrected chi connectivity index (χ2v) is 8.12. The summed E-state index contributed by atoms with van der Waals surface area (Å²) in [4.78, 5) is 27.5. The topological polar surface area (TPSA) is 94.0 Å². The Morgan fingerprint density at radius 1 is 1.00 bits per heavy atom. The Bertz CT molecular complexity index is 1190. The standard InChI is InChI=1S/C25H23BrN4O3/c1-30(2)20-10-8-17(9-11-20)14-23(28-24(32)18-6-4-3-5-7-18)25(33)29-27-16-19-15-21(31)12-13-22(19)26/h3-16,31H,1-2H3,(H,28,32)(H,29,33). The molecule has 0 radical (unpaired) electrons. The fraction of sp³-hybridized carbons (Fsp3) is 0.0800. The first kappa shape index (κ1) is 23.7. The summed E-state index contributed by atoms with van der Waals surface area (Å²) >= 11 is 3.36. The van der Waals surface area contributed by atoms with Crippen molar-refractivity contribution in [2.45, 2.75) is 0 Å². The van der Waals surface area contributed by atoms with Gasteiger partial charge in [-0.05, 0) is 54.1 Å². The van der Waals surface area contributed by atoms with Crippen molar-refractivity contribution in [2.24, 2.45) is 5.10 Å². The molecule has 0 saturated carbocycles. The Morgan fingerprint density at radius 3 is 2.36 bits per heavy atom. The summed E-state index contributed by atoms with van der Waals surface area (Å²) in [5.74, 6) is -0.937. The Hall–Kier alpha value is -3.91. The maximum absolute atomic E-state index is 12.9. The van der Waals surface area contributed by atoms with E-state index >= 15 is 0 Å². The molecule has 7 nitrogen and oxygen atoms in total. The zero-order valence-corrected chi connectivity index (χ0v) is 19.7. The molecule has 0 aliphatic rings. The van der Waals surface area contributed by atoms with E-state index in [-0.39, 0.29) is 11.4 Å². The number of hydrogen-bond donors (Lipinski definition) is 3. The maximum Gasteiger partial charge on any atom is 0.287 e. The van der Waals surface area contributed by atoms with Gasteiger partial charge >= 0.3 is 0 Å². The highest BCUT2D eigenvalue weighted by Gasteiger charge is 2.14. The molecule has 0 spiro atoms. The number of anilines is 1. The third-order valence-corrected chi connectivity index (χ3v) is 5.32. The molecule has 0 aliphatic heterocycles. The zero-order valence-electron chi connectivity index (χ0n) is 18.1.